The van der Waals surface area contributed by atoms with Gasteiger partial charge in [0.25, 0.3) is 5.91 Å². The number of rotatable bonds is 3. The Morgan fingerprint density at radius 3 is 2.23 bits per heavy atom. The molecule has 0 bridgehead atoms. The third-order valence-corrected chi connectivity index (χ3v) is 4.56. The monoisotopic (exact) mass is 348 g/mol. The highest BCUT2D eigenvalue weighted by atomic mass is 16.2. The summed E-state index contributed by atoms with van der Waals surface area (Å²) in [6.07, 6.45) is 3.54. The third kappa shape index (κ3) is 3.28. The number of nitrogens with zero attached hydrogens (tertiary/aromatic N) is 6. The summed E-state index contributed by atoms with van der Waals surface area (Å²) in [5.74, 6) is 1.60. The van der Waals surface area contributed by atoms with Crippen LogP contribution in [0.5, 0.6) is 0 Å². The first-order valence-corrected chi connectivity index (χ1v) is 8.65. The first kappa shape index (κ1) is 16.3. The highest BCUT2D eigenvalue weighted by molar-refractivity contribution is 5.94. The number of anilines is 1. The molecule has 1 aromatic carbocycles. The Hall–Kier alpha value is -3.22. The van der Waals surface area contributed by atoms with Crippen LogP contribution in [0.25, 0.3) is 5.82 Å². The molecule has 7 nitrogen and oxygen atoms in total. The number of hydrogen-bond acceptors (Lipinski definition) is 5. The Kier molecular flexibility index (Phi) is 4.35. The van der Waals surface area contributed by atoms with Crippen LogP contribution in [0, 0.1) is 6.92 Å². The first-order valence-electron chi connectivity index (χ1n) is 8.65. The molecule has 0 N–H and O–H groups in total. The number of piperazine rings is 1. The Morgan fingerprint density at radius 2 is 1.62 bits per heavy atom. The minimum atomic E-state index is 0.0877. The van der Waals surface area contributed by atoms with Crippen LogP contribution in [0.2, 0.25) is 0 Å². The van der Waals surface area contributed by atoms with Crippen molar-refractivity contribution in [2.24, 2.45) is 0 Å². The van der Waals surface area contributed by atoms with Gasteiger partial charge in [-0.2, -0.15) is 5.10 Å². The number of aryl methyl sites for hydroxylation is 1. The van der Waals surface area contributed by atoms with Crippen molar-refractivity contribution in [3.05, 3.63) is 66.0 Å². The van der Waals surface area contributed by atoms with Crippen LogP contribution in [0.1, 0.15) is 15.9 Å². The lowest BCUT2D eigenvalue weighted by Crippen LogP contribution is -2.49. The minimum absolute atomic E-state index is 0.0877. The second kappa shape index (κ2) is 6.95. The maximum absolute atomic E-state index is 12.6. The average Bonchev–Trinajstić information content (AvgIpc) is 3.23. The van der Waals surface area contributed by atoms with Crippen LogP contribution in [0.3, 0.4) is 0 Å². The van der Waals surface area contributed by atoms with E-state index in [1.165, 1.54) is 0 Å². The van der Waals surface area contributed by atoms with E-state index in [0.717, 1.165) is 30.0 Å². The molecule has 2 aromatic heterocycles. The van der Waals surface area contributed by atoms with Gasteiger partial charge < -0.3 is 9.80 Å². The van der Waals surface area contributed by atoms with Gasteiger partial charge in [0, 0.05) is 44.1 Å². The SMILES string of the molecule is Cc1ccc(C(=O)N2CCN(c3ccc(-n4cccn4)nn3)CC2)cc1. The Bertz CT molecular complexity index is 865. The van der Waals surface area contributed by atoms with Gasteiger partial charge in [-0.1, -0.05) is 17.7 Å². The topological polar surface area (TPSA) is 67.2 Å². The molecule has 0 saturated carbocycles. The smallest absolute Gasteiger partial charge is 0.253 e. The number of hydrogen-bond donors (Lipinski definition) is 0. The second-order valence-corrected chi connectivity index (χ2v) is 6.35. The normalized spacial score (nSPS) is 14.5. The zero-order valence-electron chi connectivity index (χ0n) is 14.6. The van der Waals surface area contributed by atoms with Gasteiger partial charge in [0.1, 0.15) is 0 Å². The molecule has 4 rings (SSSR count). The third-order valence-electron chi connectivity index (χ3n) is 4.56. The summed E-state index contributed by atoms with van der Waals surface area (Å²) < 4.78 is 1.68. The summed E-state index contributed by atoms with van der Waals surface area (Å²) in [6.45, 7) is 4.86. The largest absolute Gasteiger partial charge is 0.352 e. The molecule has 1 fully saturated rings. The fourth-order valence-corrected chi connectivity index (χ4v) is 3.03. The highest BCUT2D eigenvalue weighted by Crippen LogP contribution is 2.16. The van der Waals surface area contributed by atoms with Gasteiger partial charge in [0.05, 0.1) is 0 Å². The van der Waals surface area contributed by atoms with E-state index in [9.17, 15) is 4.79 Å². The number of aromatic nitrogens is 4. The van der Waals surface area contributed by atoms with Crippen molar-refractivity contribution in [2.75, 3.05) is 31.1 Å². The number of benzene rings is 1. The molecule has 0 atom stereocenters. The molecule has 1 aliphatic rings. The molecule has 7 heteroatoms. The van der Waals surface area contributed by atoms with Crippen LogP contribution in [0.4, 0.5) is 5.82 Å². The van der Waals surface area contributed by atoms with Gasteiger partial charge in [-0.05, 0) is 37.3 Å². The lowest BCUT2D eigenvalue weighted by molar-refractivity contribution is 0.0746. The van der Waals surface area contributed by atoms with E-state index >= 15 is 0 Å². The van der Waals surface area contributed by atoms with E-state index in [1.54, 1.807) is 10.9 Å². The van der Waals surface area contributed by atoms with E-state index in [1.807, 2.05) is 60.5 Å². The van der Waals surface area contributed by atoms with Crippen molar-refractivity contribution in [2.45, 2.75) is 6.92 Å². The minimum Gasteiger partial charge on any atom is -0.352 e. The summed E-state index contributed by atoms with van der Waals surface area (Å²) in [4.78, 5) is 16.6. The first-order chi connectivity index (χ1) is 12.7. The lowest BCUT2D eigenvalue weighted by Gasteiger charge is -2.35. The molecule has 1 saturated heterocycles. The predicted octanol–water partition coefficient (Wildman–Crippen LogP) is 1.93. The summed E-state index contributed by atoms with van der Waals surface area (Å²) in [7, 11) is 0. The molecule has 0 spiro atoms. The van der Waals surface area contributed by atoms with Crippen LogP contribution >= 0.6 is 0 Å². The molecule has 1 amide bonds. The van der Waals surface area contributed by atoms with Crippen LogP contribution in [-0.2, 0) is 0 Å². The van der Waals surface area contributed by atoms with Crippen LogP contribution in [0.15, 0.2) is 54.9 Å². The molecular formula is C19H20N6O. The van der Waals surface area contributed by atoms with Gasteiger partial charge >= 0.3 is 0 Å². The maximum Gasteiger partial charge on any atom is 0.253 e. The number of carbonyl (C=O) groups is 1. The van der Waals surface area contributed by atoms with Gasteiger partial charge in [-0.25, -0.2) is 4.68 Å². The number of carbonyl (C=O) groups excluding carboxylic acids is 1. The standard InChI is InChI=1S/C19H20N6O/c1-15-3-5-16(6-4-15)19(26)24-13-11-23(12-14-24)17-7-8-18(22-21-17)25-10-2-9-20-25/h2-10H,11-14H2,1H3. The Balaban J connectivity index is 1.39. The molecule has 132 valence electrons. The summed E-state index contributed by atoms with van der Waals surface area (Å²) in [5.41, 5.74) is 1.90. The Morgan fingerprint density at radius 1 is 0.923 bits per heavy atom. The predicted molar refractivity (Wildman–Crippen MR) is 98.4 cm³/mol. The molecule has 3 aromatic rings. The van der Waals surface area contributed by atoms with Crippen molar-refractivity contribution < 1.29 is 4.79 Å². The molecule has 3 heterocycles. The van der Waals surface area contributed by atoms with Gasteiger partial charge in [0.15, 0.2) is 11.6 Å². The van der Waals surface area contributed by atoms with Crippen molar-refractivity contribution >= 4 is 11.7 Å². The molecule has 0 aliphatic carbocycles. The van der Waals surface area contributed by atoms with Crippen molar-refractivity contribution in [1.82, 2.24) is 24.9 Å². The fourth-order valence-electron chi connectivity index (χ4n) is 3.03. The Labute approximate surface area is 151 Å². The zero-order chi connectivity index (χ0) is 17.9. The van der Waals surface area contributed by atoms with Crippen molar-refractivity contribution in [3.8, 4) is 5.82 Å². The fraction of sp³-hybridized carbons (Fsp3) is 0.263. The van der Waals surface area contributed by atoms with Crippen molar-refractivity contribution in [3.63, 3.8) is 0 Å². The molecule has 0 unspecified atom stereocenters. The van der Waals surface area contributed by atoms with Crippen LogP contribution in [-0.4, -0.2) is 57.0 Å². The maximum atomic E-state index is 12.6. The lowest BCUT2D eigenvalue weighted by atomic mass is 10.1. The zero-order valence-corrected chi connectivity index (χ0v) is 14.6. The van der Waals surface area contributed by atoms with Crippen LogP contribution < -0.4 is 4.90 Å². The van der Waals surface area contributed by atoms with Gasteiger partial charge in [-0.15, -0.1) is 10.2 Å². The van der Waals surface area contributed by atoms with E-state index < -0.39 is 0 Å². The summed E-state index contributed by atoms with van der Waals surface area (Å²) in [5, 5.41) is 12.7. The van der Waals surface area contributed by atoms with Gasteiger partial charge in [0.2, 0.25) is 0 Å². The molecule has 0 radical (unpaired) electrons. The van der Waals surface area contributed by atoms with E-state index in [4.69, 9.17) is 0 Å². The van der Waals surface area contributed by atoms with E-state index in [2.05, 4.69) is 20.2 Å². The second-order valence-electron chi connectivity index (χ2n) is 6.35. The summed E-state index contributed by atoms with van der Waals surface area (Å²) in [6, 6.07) is 13.4. The van der Waals surface area contributed by atoms with E-state index in [0.29, 0.717) is 18.9 Å². The molecule has 26 heavy (non-hydrogen) atoms. The molecule has 1 aliphatic heterocycles. The highest BCUT2D eigenvalue weighted by Gasteiger charge is 2.23. The molecular weight excluding hydrogens is 328 g/mol. The average molecular weight is 348 g/mol. The quantitative estimate of drug-likeness (QED) is 0.724. The van der Waals surface area contributed by atoms with Gasteiger partial charge in [-0.3, -0.25) is 4.79 Å². The number of amides is 1. The van der Waals surface area contributed by atoms with E-state index in [-0.39, 0.29) is 5.91 Å². The van der Waals surface area contributed by atoms with Crippen molar-refractivity contribution in [1.29, 1.82) is 0 Å². The summed E-state index contributed by atoms with van der Waals surface area (Å²) >= 11 is 0.